The summed E-state index contributed by atoms with van der Waals surface area (Å²) in [6.07, 6.45) is -8.19. The maximum absolute atomic E-state index is 13.8. The Balaban J connectivity index is 1.92. The third-order valence-electron chi connectivity index (χ3n) is 5.94. The van der Waals surface area contributed by atoms with Crippen LogP contribution in [0.4, 0.5) is 27.6 Å². The number of alkyl halides is 5. The highest BCUT2D eigenvalue weighted by atomic mass is 79.9. The molecular formula is C30H28BrF5N2O4. The Morgan fingerprint density at radius 2 is 1.50 bits per heavy atom. The quantitative estimate of drug-likeness (QED) is 0.176. The Kier molecular flexibility index (Phi) is 10.5. The number of amides is 2. The zero-order chi connectivity index (χ0) is 31.2. The van der Waals surface area contributed by atoms with Crippen LogP contribution in [0.25, 0.3) is 0 Å². The van der Waals surface area contributed by atoms with E-state index >= 15 is 0 Å². The van der Waals surface area contributed by atoms with Gasteiger partial charge < -0.3 is 15.4 Å². The molecule has 0 radical (unpaired) electrons. The van der Waals surface area contributed by atoms with Crippen LogP contribution in [0.3, 0.4) is 0 Å². The van der Waals surface area contributed by atoms with Crippen LogP contribution >= 0.6 is 15.9 Å². The average Bonchev–Trinajstić information content (AvgIpc) is 2.90. The van der Waals surface area contributed by atoms with Crippen molar-refractivity contribution in [2.45, 2.75) is 46.3 Å². The fourth-order valence-electron chi connectivity index (χ4n) is 3.78. The number of nitrogens with one attached hydrogen (secondary N) is 2. The van der Waals surface area contributed by atoms with Crippen molar-refractivity contribution in [3.63, 3.8) is 0 Å². The summed E-state index contributed by atoms with van der Waals surface area (Å²) in [7, 11) is 0. The molecule has 3 aromatic carbocycles. The van der Waals surface area contributed by atoms with Crippen molar-refractivity contribution in [2.75, 3.05) is 11.9 Å². The number of ether oxygens (including phenoxy) is 1. The van der Waals surface area contributed by atoms with E-state index < -0.39 is 53.9 Å². The van der Waals surface area contributed by atoms with Gasteiger partial charge in [-0.05, 0) is 59.7 Å². The third-order valence-corrected chi connectivity index (χ3v) is 6.47. The fraction of sp³-hybridized carbons (Fsp3) is 0.300. The Morgan fingerprint density at radius 3 is 2.10 bits per heavy atom. The third kappa shape index (κ3) is 9.10. The molecule has 0 atom stereocenters. The first kappa shape index (κ1) is 32.7. The van der Waals surface area contributed by atoms with Crippen LogP contribution in [0.5, 0.6) is 5.75 Å². The van der Waals surface area contributed by atoms with E-state index in [2.05, 4.69) is 26.6 Å². The number of hydrogen-bond acceptors (Lipinski definition) is 4. The molecule has 0 heterocycles. The maximum Gasteiger partial charge on any atom is 0.417 e. The first-order chi connectivity index (χ1) is 19.5. The van der Waals surface area contributed by atoms with Crippen LogP contribution in [0.1, 0.15) is 58.2 Å². The average molecular weight is 655 g/mol. The molecule has 2 N–H and O–H groups in total. The van der Waals surface area contributed by atoms with E-state index in [1.54, 1.807) is 45.0 Å². The fourth-order valence-corrected chi connectivity index (χ4v) is 4.05. The summed E-state index contributed by atoms with van der Waals surface area (Å²) in [4.78, 5) is 38.5. The lowest BCUT2D eigenvalue weighted by molar-refractivity contribution is -0.138. The highest BCUT2D eigenvalue weighted by molar-refractivity contribution is 9.10. The monoisotopic (exact) mass is 654 g/mol. The van der Waals surface area contributed by atoms with E-state index in [4.69, 9.17) is 4.74 Å². The number of carbonyl (C=O) groups is 3. The molecule has 0 bridgehead atoms. The van der Waals surface area contributed by atoms with E-state index in [0.29, 0.717) is 5.69 Å². The van der Waals surface area contributed by atoms with Crippen molar-refractivity contribution in [1.29, 1.82) is 0 Å². The molecule has 224 valence electrons. The van der Waals surface area contributed by atoms with Gasteiger partial charge in [-0.15, -0.1) is 0 Å². The molecule has 42 heavy (non-hydrogen) atoms. The first-order valence-electron chi connectivity index (χ1n) is 12.7. The predicted octanol–water partition coefficient (Wildman–Crippen LogP) is 7.45. The summed E-state index contributed by atoms with van der Waals surface area (Å²) in [5, 5.41) is 5.24. The SMILES string of the molecule is CC(C)(C)C(=O)NCc1ccc(C(F)(F)F)c(C(=O)Cc2ccc(OCC(F)F)c(C(=O)Nc3ccc(Br)cc3)c2)c1. The molecule has 3 aromatic rings. The summed E-state index contributed by atoms with van der Waals surface area (Å²) in [6, 6.07) is 13.3. The van der Waals surface area contributed by atoms with Crippen molar-refractivity contribution in [2.24, 2.45) is 5.41 Å². The van der Waals surface area contributed by atoms with Crippen molar-refractivity contribution >= 4 is 39.2 Å². The number of anilines is 1. The van der Waals surface area contributed by atoms with E-state index in [0.717, 1.165) is 16.6 Å². The molecule has 0 saturated heterocycles. The van der Waals surface area contributed by atoms with Gasteiger partial charge in [-0.3, -0.25) is 14.4 Å². The molecule has 0 aliphatic heterocycles. The normalized spacial score (nSPS) is 11.8. The van der Waals surface area contributed by atoms with Crippen LogP contribution < -0.4 is 15.4 Å². The van der Waals surface area contributed by atoms with E-state index in [1.165, 1.54) is 24.3 Å². The van der Waals surface area contributed by atoms with Crippen LogP contribution in [0.2, 0.25) is 0 Å². The Labute approximate surface area is 247 Å². The van der Waals surface area contributed by atoms with Gasteiger partial charge in [-0.2, -0.15) is 13.2 Å². The first-order valence-corrected chi connectivity index (χ1v) is 13.5. The van der Waals surface area contributed by atoms with Gasteiger partial charge in [0.2, 0.25) is 5.91 Å². The molecule has 3 rings (SSSR count). The van der Waals surface area contributed by atoms with Gasteiger partial charge in [0.25, 0.3) is 12.3 Å². The van der Waals surface area contributed by atoms with E-state index in [-0.39, 0.29) is 34.9 Å². The second kappa shape index (κ2) is 13.5. The molecule has 0 aliphatic rings. The topological polar surface area (TPSA) is 84.5 Å². The second-order valence-electron chi connectivity index (χ2n) is 10.4. The molecular weight excluding hydrogens is 627 g/mol. The zero-order valence-electron chi connectivity index (χ0n) is 22.9. The minimum Gasteiger partial charge on any atom is -0.487 e. The van der Waals surface area contributed by atoms with Crippen molar-refractivity contribution in [3.05, 3.63) is 93.0 Å². The molecule has 6 nitrogen and oxygen atoms in total. The van der Waals surface area contributed by atoms with Crippen LogP contribution in [0, 0.1) is 5.41 Å². The molecule has 0 unspecified atom stereocenters. The van der Waals surface area contributed by atoms with Gasteiger partial charge in [0, 0.05) is 34.1 Å². The summed E-state index contributed by atoms with van der Waals surface area (Å²) in [6.45, 7) is 3.96. The zero-order valence-corrected chi connectivity index (χ0v) is 24.5. The van der Waals surface area contributed by atoms with Crippen LogP contribution in [-0.4, -0.2) is 30.6 Å². The lowest BCUT2D eigenvalue weighted by Crippen LogP contribution is -2.34. The van der Waals surface area contributed by atoms with Gasteiger partial charge in [-0.1, -0.05) is 48.8 Å². The molecule has 0 aliphatic carbocycles. The Morgan fingerprint density at radius 1 is 0.881 bits per heavy atom. The van der Waals surface area contributed by atoms with Gasteiger partial charge in [0.15, 0.2) is 5.78 Å². The molecule has 0 fully saturated rings. The second-order valence-corrected chi connectivity index (χ2v) is 11.3. The molecule has 2 amide bonds. The van der Waals surface area contributed by atoms with Crippen LogP contribution in [-0.2, 0) is 23.9 Å². The van der Waals surface area contributed by atoms with E-state index in [9.17, 15) is 36.3 Å². The predicted molar refractivity (Wildman–Crippen MR) is 151 cm³/mol. The number of ketones is 1. The van der Waals surface area contributed by atoms with Gasteiger partial charge >= 0.3 is 6.18 Å². The number of rotatable bonds is 10. The molecule has 0 saturated carbocycles. The molecule has 0 aromatic heterocycles. The lowest BCUT2D eigenvalue weighted by Gasteiger charge is -2.18. The largest absolute Gasteiger partial charge is 0.487 e. The molecule has 12 heteroatoms. The standard InChI is InChI=1S/C30H28BrF5N2O4/c1-29(2,3)28(41)37-15-18-4-10-23(30(34,35)36)21(13-18)24(39)14-17-5-11-25(42-16-26(32)33)22(12-17)27(40)38-20-8-6-19(31)7-9-20/h4-13,26H,14-16H2,1-3H3,(H,37,41)(H,38,40). The summed E-state index contributed by atoms with van der Waals surface area (Å²) < 4.78 is 72.9. The number of carbonyl (C=O) groups excluding carboxylic acids is 3. The summed E-state index contributed by atoms with van der Waals surface area (Å²) >= 11 is 3.27. The van der Waals surface area contributed by atoms with Crippen molar-refractivity contribution < 1.29 is 41.1 Å². The number of hydrogen-bond donors (Lipinski definition) is 2. The van der Waals surface area contributed by atoms with Crippen molar-refractivity contribution in [3.8, 4) is 5.75 Å². The smallest absolute Gasteiger partial charge is 0.417 e. The van der Waals surface area contributed by atoms with Crippen LogP contribution in [0.15, 0.2) is 65.1 Å². The maximum atomic E-state index is 13.8. The number of halogens is 6. The minimum absolute atomic E-state index is 0.0922. The van der Waals surface area contributed by atoms with Gasteiger partial charge in [0.05, 0.1) is 11.1 Å². The van der Waals surface area contributed by atoms with Crippen molar-refractivity contribution in [1.82, 2.24) is 5.32 Å². The summed E-state index contributed by atoms with van der Waals surface area (Å²) in [5.41, 5.74) is -1.84. The summed E-state index contributed by atoms with van der Waals surface area (Å²) in [5.74, 6) is -2.14. The molecule has 0 spiro atoms. The number of Topliss-reactive ketones (excluding diaryl/α,β-unsaturated/α-hetero) is 1. The number of benzene rings is 3. The Hall–Kier alpha value is -3.80. The highest BCUT2D eigenvalue weighted by Crippen LogP contribution is 2.34. The highest BCUT2D eigenvalue weighted by Gasteiger charge is 2.35. The lowest BCUT2D eigenvalue weighted by atomic mass is 9.94. The van der Waals surface area contributed by atoms with Gasteiger partial charge in [-0.25, -0.2) is 8.78 Å². The van der Waals surface area contributed by atoms with E-state index in [1.807, 2.05) is 0 Å². The Bertz CT molecular complexity index is 1450. The minimum atomic E-state index is -4.83. The van der Waals surface area contributed by atoms with Gasteiger partial charge in [0.1, 0.15) is 12.4 Å².